The molecule has 2 bridgehead atoms. The largest absolute Gasteiger partial charge is 0.349 e. The van der Waals surface area contributed by atoms with E-state index in [1.54, 1.807) is 31.9 Å². The van der Waals surface area contributed by atoms with Gasteiger partial charge in [0.15, 0.2) is 0 Å². The van der Waals surface area contributed by atoms with Crippen molar-refractivity contribution in [1.29, 1.82) is 0 Å². The molecule has 5 aliphatic rings. The molecule has 3 aliphatic carbocycles. The van der Waals surface area contributed by atoms with Gasteiger partial charge in [-0.25, -0.2) is 4.98 Å². The highest BCUT2D eigenvalue weighted by molar-refractivity contribution is 9.10. The lowest BCUT2D eigenvalue weighted by Crippen LogP contribution is -2.82. The number of piperidine rings is 1. The van der Waals surface area contributed by atoms with Crippen molar-refractivity contribution >= 4 is 56.9 Å². The Morgan fingerprint density at radius 1 is 0.976 bits per heavy atom. The molecule has 1 aromatic carbocycles. The molecule has 8 rings (SSSR count). The van der Waals surface area contributed by atoms with Gasteiger partial charge in [-0.3, -0.25) is 19.8 Å². The van der Waals surface area contributed by atoms with Crippen LogP contribution in [0.2, 0.25) is 0 Å². The predicted molar refractivity (Wildman–Crippen MR) is 168 cm³/mol. The Hall–Kier alpha value is -2.17. The van der Waals surface area contributed by atoms with E-state index in [9.17, 15) is 4.57 Å². The molecule has 0 amide bonds. The van der Waals surface area contributed by atoms with Crippen LogP contribution >= 0.6 is 23.1 Å². The van der Waals surface area contributed by atoms with Crippen molar-refractivity contribution < 1.29 is 4.57 Å². The van der Waals surface area contributed by atoms with Crippen LogP contribution in [0.3, 0.4) is 0 Å². The molecule has 2 aromatic heterocycles. The van der Waals surface area contributed by atoms with Crippen LogP contribution in [0.1, 0.15) is 32.1 Å². The van der Waals surface area contributed by atoms with Crippen molar-refractivity contribution in [2.24, 2.45) is 0 Å². The molecule has 3 saturated carbocycles. The molecule has 2 aliphatic heterocycles. The fraction of sp³-hybridized carbons (Fsp3) is 0.586. The summed E-state index contributed by atoms with van der Waals surface area (Å²) < 4.78 is 14.1. The highest BCUT2D eigenvalue weighted by Gasteiger charge is 2.70. The Labute approximate surface area is 250 Å². The van der Waals surface area contributed by atoms with E-state index in [0.29, 0.717) is 28.1 Å². The van der Waals surface area contributed by atoms with Gasteiger partial charge >= 0.3 is 0 Å². The highest BCUT2D eigenvalue weighted by atomic mass is 79.9. The second-order valence-electron chi connectivity index (χ2n) is 13.0. The molecule has 2 saturated heterocycles. The predicted octanol–water partition coefficient (Wildman–Crippen LogP) is 3.97. The lowest BCUT2D eigenvalue weighted by Gasteiger charge is -2.74. The van der Waals surface area contributed by atoms with E-state index in [4.69, 9.17) is 4.98 Å². The van der Waals surface area contributed by atoms with E-state index in [0.717, 1.165) is 41.0 Å². The minimum absolute atomic E-state index is 0.0889. The third-order valence-corrected chi connectivity index (χ3v) is 11.8. The van der Waals surface area contributed by atoms with Gasteiger partial charge in [-0.05, 0) is 80.5 Å². The summed E-state index contributed by atoms with van der Waals surface area (Å²) in [4.78, 5) is 26.3. The fourth-order valence-electron chi connectivity index (χ4n) is 7.64. The number of anilines is 3. The number of likely N-dealkylation sites (N-methyl/N-ethyl adjacent to an activating group) is 1. The molecule has 4 heterocycles. The summed E-state index contributed by atoms with van der Waals surface area (Å²) in [6.45, 7) is 10.8. The van der Waals surface area contributed by atoms with Crippen molar-refractivity contribution in [3.05, 3.63) is 35.2 Å². The lowest BCUT2D eigenvalue weighted by molar-refractivity contribution is -0.161. The molecular formula is C29H39BrN9OP. The van der Waals surface area contributed by atoms with Gasteiger partial charge in [0.1, 0.15) is 18.5 Å². The third kappa shape index (κ3) is 5.07. The van der Waals surface area contributed by atoms with E-state index in [-0.39, 0.29) is 5.54 Å². The summed E-state index contributed by atoms with van der Waals surface area (Å²) in [5, 5.41) is 7.77. The molecular weight excluding hydrogens is 601 g/mol. The number of nitrogens with one attached hydrogen (secondary N) is 2. The molecule has 12 heteroatoms. The maximum absolute atomic E-state index is 13.3. The van der Waals surface area contributed by atoms with E-state index < -0.39 is 7.14 Å². The van der Waals surface area contributed by atoms with Crippen molar-refractivity contribution in [2.75, 3.05) is 70.3 Å². The van der Waals surface area contributed by atoms with Crippen LogP contribution in [0.5, 0.6) is 0 Å². The van der Waals surface area contributed by atoms with Crippen LogP contribution in [-0.4, -0.2) is 111 Å². The van der Waals surface area contributed by atoms with Crippen molar-refractivity contribution in [2.45, 2.75) is 49.2 Å². The van der Waals surface area contributed by atoms with E-state index in [2.05, 4.69) is 63.3 Å². The molecule has 0 unspecified atom stereocenters. The highest BCUT2D eigenvalue weighted by Crippen LogP contribution is 2.65. The van der Waals surface area contributed by atoms with Gasteiger partial charge in [0.05, 0.1) is 21.0 Å². The molecule has 41 heavy (non-hydrogen) atoms. The van der Waals surface area contributed by atoms with Gasteiger partial charge in [-0.2, -0.15) is 4.98 Å². The molecule has 2 N–H and O–H groups in total. The van der Waals surface area contributed by atoms with Crippen LogP contribution < -0.4 is 15.9 Å². The maximum atomic E-state index is 13.3. The number of aromatic nitrogens is 4. The zero-order chi connectivity index (χ0) is 28.4. The van der Waals surface area contributed by atoms with Gasteiger partial charge < -0.3 is 20.1 Å². The Bertz CT molecular complexity index is 1490. The summed E-state index contributed by atoms with van der Waals surface area (Å²) in [5.41, 5.74) is 2.55. The van der Waals surface area contributed by atoms with Crippen LogP contribution in [0.4, 0.5) is 17.5 Å². The van der Waals surface area contributed by atoms with Crippen molar-refractivity contribution in [3.8, 4) is 0 Å². The summed E-state index contributed by atoms with van der Waals surface area (Å²) in [7, 11) is -0.440. The Kier molecular flexibility index (Phi) is 6.90. The molecule has 5 fully saturated rings. The van der Waals surface area contributed by atoms with Crippen LogP contribution in [0, 0.1) is 0 Å². The van der Waals surface area contributed by atoms with Gasteiger partial charge in [0.25, 0.3) is 0 Å². The number of likely N-dealkylation sites (tertiary alicyclic amines) is 1. The zero-order valence-corrected chi connectivity index (χ0v) is 26.6. The minimum atomic E-state index is -2.67. The number of fused-ring (bicyclic) bond motifs is 1. The van der Waals surface area contributed by atoms with Crippen molar-refractivity contribution in [3.63, 3.8) is 0 Å². The third-order valence-electron chi connectivity index (χ3n) is 9.72. The van der Waals surface area contributed by atoms with E-state index >= 15 is 0 Å². The Morgan fingerprint density at radius 3 is 2.39 bits per heavy atom. The normalized spacial score (nSPS) is 27.8. The average Bonchev–Trinajstić information content (AvgIpc) is 2.91. The molecule has 10 nitrogen and oxygen atoms in total. The topological polar surface area (TPSA) is 102 Å². The molecule has 0 atom stereocenters. The zero-order valence-electron chi connectivity index (χ0n) is 24.1. The second-order valence-corrected chi connectivity index (χ2v) is 17.0. The monoisotopic (exact) mass is 639 g/mol. The number of benzene rings is 1. The molecule has 0 spiro atoms. The number of hydrogen-bond donors (Lipinski definition) is 2. The smallest absolute Gasteiger partial charge is 0.225 e. The minimum Gasteiger partial charge on any atom is -0.349 e. The fourth-order valence-corrected chi connectivity index (χ4v) is 9.33. The average molecular weight is 641 g/mol. The van der Waals surface area contributed by atoms with Crippen LogP contribution in [0.15, 0.2) is 35.2 Å². The Morgan fingerprint density at radius 2 is 1.68 bits per heavy atom. The summed E-state index contributed by atoms with van der Waals surface area (Å²) in [6, 6.07) is 4.56. The summed E-state index contributed by atoms with van der Waals surface area (Å²) in [5.74, 6) is 1.25. The first-order valence-corrected chi connectivity index (χ1v) is 18.1. The summed E-state index contributed by atoms with van der Waals surface area (Å²) in [6.07, 6.45) is 11.1. The first kappa shape index (κ1) is 27.7. The standard InChI is InChI=1S/C29H39BrN9OP/c1-37-12-14-38(15-13-37)20-6-10-39(11-7-20)29-17-28(18-29,19-29)36-27-33-16-21(30)26(35-27)34-23-5-4-22-24(32-9-8-31-22)25(23)41(2,3)40/h4-5,8-9,16,20H,6-7,10-15,17-19H2,1-3H3,(H2,33,34,35,36). The number of hydrogen-bond acceptors (Lipinski definition) is 10. The number of piperazine rings is 1. The first-order chi connectivity index (χ1) is 19.6. The number of nitrogens with zero attached hydrogens (tertiary/aromatic N) is 7. The van der Waals surface area contributed by atoms with E-state index in [1.165, 1.54) is 52.1 Å². The Balaban J connectivity index is 1.00. The SMILES string of the molecule is CN1CCN(C2CCN(C34CC(Nc5ncc(Br)c(Nc6ccc7nccnc7c6P(C)(C)=O)n5)(C3)C4)CC2)CC1. The first-order valence-electron chi connectivity index (χ1n) is 14.7. The second kappa shape index (κ2) is 10.2. The summed E-state index contributed by atoms with van der Waals surface area (Å²) >= 11 is 3.61. The van der Waals surface area contributed by atoms with Gasteiger partial charge in [-0.1, -0.05) is 0 Å². The van der Waals surface area contributed by atoms with Gasteiger partial charge in [0, 0.05) is 75.0 Å². The maximum Gasteiger partial charge on any atom is 0.225 e. The molecule has 3 aromatic rings. The van der Waals surface area contributed by atoms with Crippen LogP contribution in [-0.2, 0) is 4.57 Å². The van der Waals surface area contributed by atoms with Gasteiger partial charge in [-0.15, -0.1) is 0 Å². The van der Waals surface area contributed by atoms with Gasteiger partial charge in [0.2, 0.25) is 5.95 Å². The molecule has 218 valence electrons. The number of rotatable bonds is 7. The molecule has 0 radical (unpaired) electrons. The van der Waals surface area contributed by atoms with Crippen molar-refractivity contribution in [1.82, 2.24) is 34.6 Å². The van der Waals surface area contributed by atoms with Crippen LogP contribution in [0.25, 0.3) is 11.0 Å². The lowest BCUT2D eigenvalue weighted by atomic mass is 9.43. The quantitative estimate of drug-likeness (QED) is 0.369. The van der Waals surface area contributed by atoms with E-state index in [1.807, 2.05) is 12.1 Å². The number of halogens is 1.